The molecule has 1 aromatic heterocycles. The Labute approximate surface area is 157 Å². The van der Waals surface area contributed by atoms with Crippen LogP contribution in [-0.4, -0.2) is 22.4 Å². The van der Waals surface area contributed by atoms with Crippen LogP contribution >= 0.6 is 0 Å². The summed E-state index contributed by atoms with van der Waals surface area (Å²) in [6.45, 7) is 2.83. The second-order valence-corrected chi connectivity index (χ2v) is 5.97. The number of aryl methyl sites for hydroxylation is 1. The fraction of sp³-hybridized carbons (Fsp3) is 0.200. The Morgan fingerprint density at radius 3 is 2.48 bits per heavy atom. The van der Waals surface area contributed by atoms with Crippen LogP contribution in [0.3, 0.4) is 0 Å². The Balaban J connectivity index is 1.83. The minimum Gasteiger partial charge on any atom is -0.494 e. The summed E-state index contributed by atoms with van der Waals surface area (Å²) in [6, 6.07) is 12.6. The van der Waals surface area contributed by atoms with Crippen LogP contribution in [0, 0.1) is 5.82 Å². The summed E-state index contributed by atoms with van der Waals surface area (Å²) in [4.78, 5) is 14.5. The number of carbonyl (C=O) groups is 1. The molecule has 2 aromatic carbocycles. The monoisotopic (exact) mass is 368 g/mol. The highest BCUT2D eigenvalue weighted by molar-refractivity contribution is 6.01. The maximum atomic E-state index is 13.1. The number of urea groups is 1. The molecule has 27 heavy (non-hydrogen) atoms. The van der Waals surface area contributed by atoms with Crippen LogP contribution in [0.2, 0.25) is 0 Å². The third-order valence-corrected chi connectivity index (χ3v) is 3.90. The van der Waals surface area contributed by atoms with Gasteiger partial charge in [0, 0.05) is 30.2 Å². The molecule has 7 heteroatoms. The highest BCUT2D eigenvalue weighted by atomic mass is 19.1. The number of ether oxygens (including phenoxy) is 1. The van der Waals surface area contributed by atoms with Crippen molar-refractivity contribution in [1.29, 1.82) is 0 Å². The molecular formula is C20H21FN4O2. The van der Waals surface area contributed by atoms with Gasteiger partial charge in [-0.05, 0) is 55.5 Å². The van der Waals surface area contributed by atoms with Gasteiger partial charge in [0.15, 0.2) is 0 Å². The minimum atomic E-state index is -0.355. The van der Waals surface area contributed by atoms with E-state index in [1.807, 2.05) is 44.4 Å². The minimum absolute atomic E-state index is 0.324. The molecule has 3 aromatic rings. The van der Waals surface area contributed by atoms with Gasteiger partial charge < -0.3 is 10.1 Å². The summed E-state index contributed by atoms with van der Waals surface area (Å²) in [6.07, 6.45) is 3.57. The van der Waals surface area contributed by atoms with Gasteiger partial charge >= 0.3 is 6.03 Å². The van der Waals surface area contributed by atoms with Gasteiger partial charge in [-0.3, -0.25) is 9.58 Å². The van der Waals surface area contributed by atoms with Crippen molar-refractivity contribution in [3.63, 3.8) is 0 Å². The number of aromatic nitrogens is 2. The van der Waals surface area contributed by atoms with Gasteiger partial charge in [-0.2, -0.15) is 5.10 Å². The first-order valence-electron chi connectivity index (χ1n) is 8.59. The molecule has 0 atom stereocenters. The summed E-state index contributed by atoms with van der Waals surface area (Å²) >= 11 is 0. The van der Waals surface area contributed by atoms with Crippen LogP contribution in [-0.2, 0) is 13.6 Å². The van der Waals surface area contributed by atoms with Gasteiger partial charge in [0.1, 0.15) is 11.6 Å². The lowest BCUT2D eigenvalue weighted by Crippen LogP contribution is -2.34. The van der Waals surface area contributed by atoms with E-state index in [1.54, 1.807) is 15.8 Å². The van der Waals surface area contributed by atoms with E-state index in [2.05, 4.69) is 10.4 Å². The van der Waals surface area contributed by atoms with E-state index < -0.39 is 0 Å². The predicted octanol–water partition coefficient (Wildman–Crippen LogP) is 4.20. The molecule has 0 bridgehead atoms. The zero-order valence-electron chi connectivity index (χ0n) is 15.2. The van der Waals surface area contributed by atoms with E-state index >= 15 is 0 Å². The van der Waals surface area contributed by atoms with E-state index in [0.717, 1.165) is 11.3 Å². The molecule has 0 radical (unpaired) electrons. The molecule has 140 valence electrons. The first-order valence-corrected chi connectivity index (χ1v) is 8.59. The van der Waals surface area contributed by atoms with Gasteiger partial charge in [-0.1, -0.05) is 0 Å². The number of hydrogen-bond donors (Lipinski definition) is 1. The molecule has 2 amide bonds. The average Bonchev–Trinajstić information content (AvgIpc) is 3.08. The lowest BCUT2D eigenvalue weighted by Gasteiger charge is -2.23. The first-order chi connectivity index (χ1) is 13.0. The van der Waals surface area contributed by atoms with Crippen molar-refractivity contribution in [2.24, 2.45) is 7.05 Å². The van der Waals surface area contributed by atoms with Gasteiger partial charge in [0.25, 0.3) is 0 Å². The summed E-state index contributed by atoms with van der Waals surface area (Å²) in [5.74, 6) is 0.383. The highest BCUT2D eigenvalue weighted by Crippen LogP contribution is 2.22. The van der Waals surface area contributed by atoms with Crippen LogP contribution in [0.5, 0.6) is 5.75 Å². The van der Waals surface area contributed by atoms with E-state index in [1.165, 1.54) is 24.3 Å². The number of anilines is 2. The third kappa shape index (κ3) is 4.84. The van der Waals surface area contributed by atoms with Crippen LogP contribution < -0.4 is 15.0 Å². The Bertz CT molecular complexity index is 891. The molecule has 0 aliphatic heterocycles. The van der Waals surface area contributed by atoms with Crippen molar-refractivity contribution in [1.82, 2.24) is 9.78 Å². The van der Waals surface area contributed by atoms with E-state index in [-0.39, 0.29) is 11.8 Å². The fourth-order valence-corrected chi connectivity index (χ4v) is 2.63. The van der Waals surface area contributed by atoms with Gasteiger partial charge in [-0.25, -0.2) is 9.18 Å². The summed E-state index contributed by atoms with van der Waals surface area (Å²) in [7, 11) is 1.82. The van der Waals surface area contributed by atoms with Gasteiger partial charge in [0.2, 0.25) is 0 Å². The quantitative estimate of drug-likeness (QED) is 0.709. The average molecular weight is 368 g/mol. The molecule has 0 saturated carbocycles. The van der Waals surface area contributed by atoms with Crippen LogP contribution in [0.25, 0.3) is 0 Å². The summed E-state index contributed by atoms with van der Waals surface area (Å²) in [5.41, 5.74) is 2.12. The third-order valence-electron chi connectivity index (χ3n) is 3.90. The molecule has 0 aliphatic rings. The van der Waals surface area contributed by atoms with E-state index in [9.17, 15) is 9.18 Å². The zero-order chi connectivity index (χ0) is 19.2. The van der Waals surface area contributed by atoms with Crippen molar-refractivity contribution < 1.29 is 13.9 Å². The molecule has 3 rings (SSSR count). The highest BCUT2D eigenvalue weighted by Gasteiger charge is 2.17. The number of rotatable bonds is 6. The van der Waals surface area contributed by atoms with Crippen LogP contribution in [0.1, 0.15) is 12.5 Å². The molecule has 6 nitrogen and oxygen atoms in total. The maximum absolute atomic E-state index is 13.1. The Morgan fingerprint density at radius 2 is 1.89 bits per heavy atom. The molecule has 0 unspecified atom stereocenters. The Hall–Kier alpha value is -3.35. The number of benzene rings is 2. The Kier molecular flexibility index (Phi) is 5.71. The van der Waals surface area contributed by atoms with Gasteiger partial charge in [0.05, 0.1) is 19.3 Å². The zero-order valence-corrected chi connectivity index (χ0v) is 15.2. The maximum Gasteiger partial charge on any atom is 0.326 e. The summed E-state index contributed by atoms with van der Waals surface area (Å²) in [5, 5.41) is 6.95. The van der Waals surface area contributed by atoms with Crippen molar-refractivity contribution >= 4 is 17.4 Å². The van der Waals surface area contributed by atoms with E-state index in [0.29, 0.717) is 24.5 Å². The van der Waals surface area contributed by atoms with Crippen LogP contribution in [0.4, 0.5) is 20.6 Å². The number of amides is 2. The lowest BCUT2D eigenvalue weighted by atomic mass is 10.2. The number of carbonyl (C=O) groups excluding carboxylic acids is 1. The molecule has 1 N–H and O–H groups in total. The molecule has 1 heterocycles. The number of halogens is 1. The van der Waals surface area contributed by atoms with Crippen molar-refractivity contribution in [2.45, 2.75) is 13.5 Å². The van der Waals surface area contributed by atoms with Crippen LogP contribution in [0.15, 0.2) is 60.9 Å². The fourth-order valence-electron chi connectivity index (χ4n) is 2.63. The molecule has 0 aliphatic carbocycles. The normalized spacial score (nSPS) is 10.5. The standard InChI is InChI=1S/C20H21FN4O2/c1-3-27-19-10-8-18(9-11-19)25(14-15-12-22-24(2)13-15)20(26)23-17-6-4-16(21)5-7-17/h4-13H,3,14H2,1-2H3,(H,23,26). The number of hydrogen-bond acceptors (Lipinski definition) is 3. The summed E-state index contributed by atoms with van der Waals surface area (Å²) < 4.78 is 20.2. The topological polar surface area (TPSA) is 59.4 Å². The van der Waals surface area contributed by atoms with Gasteiger partial charge in [-0.15, -0.1) is 0 Å². The molecule has 0 fully saturated rings. The lowest BCUT2D eigenvalue weighted by molar-refractivity contribution is 0.256. The van der Waals surface area contributed by atoms with E-state index in [4.69, 9.17) is 4.74 Å². The second-order valence-electron chi connectivity index (χ2n) is 5.97. The number of nitrogens with one attached hydrogen (secondary N) is 1. The van der Waals surface area contributed by atoms with Crippen molar-refractivity contribution in [3.8, 4) is 5.75 Å². The largest absolute Gasteiger partial charge is 0.494 e. The SMILES string of the molecule is CCOc1ccc(N(Cc2cnn(C)c2)C(=O)Nc2ccc(F)cc2)cc1. The molecule has 0 spiro atoms. The second kappa shape index (κ2) is 8.35. The van der Waals surface area contributed by atoms with Crippen molar-refractivity contribution in [2.75, 3.05) is 16.8 Å². The number of nitrogens with zero attached hydrogens (tertiary/aromatic N) is 3. The predicted molar refractivity (Wildman–Crippen MR) is 102 cm³/mol. The molecule has 0 saturated heterocycles. The smallest absolute Gasteiger partial charge is 0.326 e. The first kappa shape index (κ1) is 18.4. The van der Waals surface area contributed by atoms with Crippen molar-refractivity contribution in [3.05, 3.63) is 72.3 Å². The Morgan fingerprint density at radius 1 is 1.19 bits per heavy atom. The molecular weight excluding hydrogens is 347 g/mol.